The first-order valence-electron chi connectivity index (χ1n) is 9.12. The van der Waals surface area contributed by atoms with Crippen LogP contribution in [0.4, 0.5) is 0 Å². The second-order valence-corrected chi connectivity index (χ2v) is 6.61. The maximum Gasteiger partial charge on any atom is 0.274 e. The molecule has 0 aliphatic carbocycles. The average molecular weight is 355 g/mol. The summed E-state index contributed by atoms with van der Waals surface area (Å²) in [5.74, 6) is -0.111. The maximum atomic E-state index is 12.9. The van der Waals surface area contributed by atoms with Crippen LogP contribution in [0.15, 0.2) is 30.6 Å². The molecule has 1 atom stereocenters. The summed E-state index contributed by atoms with van der Waals surface area (Å²) in [5.41, 5.74) is 2.35. The summed E-state index contributed by atoms with van der Waals surface area (Å²) < 4.78 is 1.82. The van der Waals surface area contributed by atoms with Gasteiger partial charge in [-0.1, -0.05) is 6.92 Å². The summed E-state index contributed by atoms with van der Waals surface area (Å²) in [6, 6.07) is 5.74. The van der Waals surface area contributed by atoms with Crippen molar-refractivity contribution >= 4 is 11.8 Å². The number of hydrogen-bond acceptors (Lipinski definition) is 4. The lowest BCUT2D eigenvalue weighted by molar-refractivity contribution is -0.119. The van der Waals surface area contributed by atoms with Crippen molar-refractivity contribution in [3.8, 4) is 0 Å². The van der Waals surface area contributed by atoms with Crippen LogP contribution in [0, 0.1) is 0 Å². The first-order chi connectivity index (χ1) is 12.6. The molecule has 0 bridgehead atoms. The minimum Gasteiger partial charge on any atom is -0.351 e. The largest absolute Gasteiger partial charge is 0.351 e. The zero-order valence-corrected chi connectivity index (χ0v) is 15.3. The van der Waals surface area contributed by atoms with Crippen molar-refractivity contribution in [1.29, 1.82) is 0 Å². The standard InChI is InChI=1S/C19H25N5O2/c1-3-9-23-11-7-17(22-23)19(26)24-10-4-5-18(24)15-6-8-20-16(12-15)13-21-14(2)25/h6-8,11-12,18H,3-5,9-10,13H2,1-2H3,(H,21,25)/t18-/m0/s1. The molecule has 1 N–H and O–H groups in total. The van der Waals surface area contributed by atoms with E-state index < -0.39 is 0 Å². The molecule has 7 nitrogen and oxygen atoms in total. The Bertz CT molecular complexity index is 786. The number of carbonyl (C=O) groups excluding carboxylic acids is 2. The first kappa shape index (κ1) is 18.1. The lowest BCUT2D eigenvalue weighted by Crippen LogP contribution is -2.31. The van der Waals surface area contributed by atoms with Gasteiger partial charge in [-0.25, -0.2) is 0 Å². The van der Waals surface area contributed by atoms with Crippen molar-refractivity contribution < 1.29 is 9.59 Å². The van der Waals surface area contributed by atoms with Gasteiger partial charge in [0.25, 0.3) is 5.91 Å². The number of rotatable bonds is 6. The molecule has 3 rings (SSSR count). The van der Waals surface area contributed by atoms with Crippen LogP contribution in [0.2, 0.25) is 0 Å². The van der Waals surface area contributed by atoms with Crippen LogP contribution in [-0.2, 0) is 17.9 Å². The van der Waals surface area contributed by atoms with Crippen LogP contribution in [-0.4, -0.2) is 38.0 Å². The van der Waals surface area contributed by atoms with Crippen LogP contribution in [0.3, 0.4) is 0 Å². The molecule has 138 valence electrons. The molecule has 7 heteroatoms. The Morgan fingerprint density at radius 1 is 1.35 bits per heavy atom. The van der Waals surface area contributed by atoms with Crippen molar-refractivity contribution in [3.05, 3.63) is 47.5 Å². The van der Waals surface area contributed by atoms with E-state index in [2.05, 4.69) is 22.3 Å². The summed E-state index contributed by atoms with van der Waals surface area (Å²) in [6.07, 6.45) is 6.47. The molecule has 26 heavy (non-hydrogen) atoms. The maximum absolute atomic E-state index is 12.9. The van der Waals surface area contributed by atoms with Gasteiger partial charge in [-0.15, -0.1) is 0 Å². The van der Waals surface area contributed by atoms with Crippen molar-refractivity contribution in [1.82, 2.24) is 25.0 Å². The molecule has 0 radical (unpaired) electrons. The fourth-order valence-corrected chi connectivity index (χ4v) is 3.35. The molecule has 2 aromatic rings. The van der Waals surface area contributed by atoms with Crippen molar-refractivity contribution in [2.45, 2.75) is 52.2 Å². The van der Waals surface area contributed by atoms with Gasteiger partial charge < -0.3 is 10.2 Å². The highest BCUT2D eigenvalue weighted by Gasteiger charge is 2.31. The number of hydrogen-bond donors (Lipinski definition) is 1. The Balaban J connectivity index is 1.76. The van der Waals surface area contributed by atoms with E-state index in [-0.39, 0.29) is 17.9 Å². The van der Waals surface area contributed by atoms with Gasteiger partial charge in [0, 0.05) is 32.4 Å². The molecule has 1 aliphatic rings. The summed E-state index contributed by atoms with van der Waals surface area (Å²) in [4.78, 5) is 30.2. The number of aromatic nitrogens is 3. The van der Waals surface area contributed by atoms with Gasteiger partial charge in [0.15, 0.2) is 0 Å². The SMILES string of the molecule is CCCn1ccc(C(=O)N2CCC[C@H]2c2ccnc(CNC(C)=O)c2)n1. The average Bonchev–Trinajstić information content (AvgIpc) is 3.29. The molecule has 2 amide bonds. The number of aryl methyl sites for hydroxylation is 1. The molecule has 0 unspecified atom stereocenters. The normalized spacial score (nSPS) is 16.7. The van der Waals surface area contributed by atoms with Gasteiger partial charge in [-0.05, 0) is 43.0 Å². The monoisotopic (exact) mass is 355 g/mol. The minimum atomic E-state index is -0.0856. The zero-order valence-electron chi connectivity index (χ0n) is 15.3. The van der Waals surface area contributed by atoms with Crippen molar-refractivity contribution in [2.75, 3.05) is 6.54 Å². The highest BCUT2D eigenvalue weighted by atomic mass is 16.2. The molecule has 3 heterocycles. The summed E-state index contributed by atoms with van der Waals surface area (Å²) >= 11 is 0. The van der Waals surface area contributed by atoms with Crippen LogP contribution in [0.5, 0.6) is 0 Å². The Morgan fingerprint density at radius 3 is 2.96 bits per heavy atom. The van der Waals surface area contributed by atoms with E-state index in [1.54, 1.807) is 12.3 Å². The fourth-order valence-electron chi connectivity index (χ4n) is 3.35. The van der Waals surface area contributed by atoms with Crippen LogP contribution in [0.1, 0.15) is 60.9 Å². The van der Waals surface area contributed by atoms with E-state index in [4.69, 9.17) is 0 Å². The number of pyridine rings is 1. The summed E-state index contributed by atoms with van der Waals surface area (Å²) in [6.45, 7) is 5.51. The van der Waals surface area contributed by atoms with E-state index in [9.17, 15) is 9.59 Å². The van der Waals surface area contributed by atoms with Crippen LogP contribution >= 0.6 is 0 Å². The van der Waals surface area contributed by atoms with E-state index in [1.165, 1.54) is 6.92 Å². The van der Waals surface area contributed by atoms with Crippen molar-refractivity contribution in [3.63, 3.8) is 0 Å². The second kappa shape index (κ2) is 8.12. The lowest BCUT2D eigenvalue weighted by atomic mass is 10.0. The molecular formula is C19H25N5O2. The Morgan fingerprint density at radius 2 is 2.19 bits per heavy atom. The van der Waals surface area contributed by atoms with E-state index in [1.807, 2.05) is 27.9 Å². The Hall–Kier alpha value is -2.70. The van der Waals surface area contributed by atoms with E-state index in [0.717, 1.165) is 43.6 Å². The van der Waals surface area contributed by atoms with Crippen LogP contribution in [0.25, 0.3) is 0 Å². The fraction of sp³-hybridized carbons (Fsp3) is 0.474. The molecule has 1 fully saturated rings. The van der Waals surface area contributed by atoms with Gasteiger partial charge in [0.2, 0.25) is 5.91 Å². The van der Waals surface area contributed by atoms with Crippen LogP contribution < -0.4 is 5.32 Å². The van der Waals surface area contributed by atoms with Gasteiger partial charge in [-0.2, -0.15) is 5.10 Å². The van der Waals surface area contributed by atoms with Crippen molar-refractivity contribution in [2.24, 2.45) is 0 Å². The third kappa shape index (κ3) is 4.09. The lowest BCUT2D eigenvalue weighted by Gasteiger charge is -2.24. The summed E-state index contributed by atoms with van der Waals surface area (Å²) in [7, 11) is 0. The number of carbonyl (C=O) groups is 2. The predicted molar refractivity (Wildman–Crippen MR) is 97.3 cm³/mol. The topological polar surface area (TPSA) is 80.1 Å². The van der Waals surface area contributed by atoms with Gasteiger partial charge in [0.05, 0.1) is 18.3 Å². The van der Waals surface area contributed by atoms with Gasteiger partial charge in [-0.3, -0.25) is 19.3 Å². The molecule has 2 aromatic heterocycles. The number of likely N-dealkylation sites (tertiary alicyclic amines) is 1. The zero-order chi connectivity index (χ0) is 18.5. The second-order valence-electron chi connectivity index (χ2n) is 6.61. The Labute approximate surface area is 153 Å². The summed E-state index contributed by atoms with van der Waals surface area (Å²) in [5, 5.41) is 7.16. The first-order valence-corrected chi connectivity index (χ1v) is 9.12. The Kier molecular flexibility index (Phi) is 5.65. The van der Waals surface area contributed by atoms with E-state index >= 15 is 0 Å². The minimum absolute atomic E-state index is 0.0254. The highest BCUT2D eigenvalue weighted by Crippen LogP contribution is 2.33. The molecule has 1 aliphatic heterocycles. The number of amides is 2. The number of nitrogens with one attached hydrogen (secondary N) is 1. The molecular weight excluding hydrogens is 330 g/mol. The smallest absolute Gasteiger partial charge is 0.274 e. The van der Waals surface area contributed by atoms with Gasteiger partial charge in [0.1, 0.15) is 5.69 Å². The molecule has 0 spiro atoms. The van der Waals surface area contributed by atoms with E-state index in [0.29, 0.717) is 12.2 Å². The third-order valence-corrected chi connectivity index (χ3v) is 4.57. The third-order valence-electron chi connectivity index (χ3n) is 4.57. The number of nitrogens with zero attached hydrogens (tertiary/aromatic N) is 4. The highest BCUT2D eigenvalue weighted by molar-refractivity contribution is 5.92. The molecule has 0 aromatic carbocycles. The molecule has 1 saturated heterocycles. The van der Waals surface area contributed by atoms with Gasteiger partial charge >= 0.3 is 0 Å². The quantitative estimate of drug-likeness (QED) is 0.862. The molecule has 0 saturated carbocycles. The predicted octanol–water partition coefficient (Wildman–Crippen LogP) is 2.30.